The number of fused-ring (bicyclic) bond motifs is 1. The smallest absolute Gasteiger partial charge is 0.102 e. The van der Waals surface area contributed by atoms with Crippen LogP contribution in [0.2, 0.25) is 0 Å². The zero-order valence-corrected chi connectivity index (χ0v) is 14.8. The van der Waals surface area contributed by atoms with Crippen LogP contribution in [-0.2, 0) is 11.3 Å². The molecular weight excluding hydrogens is 294 g/mol. The lowest BCUT2D eigenvalue weighted by atomic mass is 9.69. The van der Waals surface area contributed by atoms with Crippen molar-refractivity contribution in [3.8, 4) is 0 Å². The highest BCUT2D eigenvalue weighted by molar-refractivity contribution is 6.03. The van der Waals surface area contributed by atoms with Gasteiger partial charge in [-0.15, -0.1) is 6.58 Å². The summed E-state index contributed by atoms with van der Waals surface area (Å²) in [7, 11) is 0. The molecule has 2 nitrogen and oxygen atoms in total. The summed E-state index contributed by atoms with van der Waals surface area (Å²) in [5.41, 5.74) is 2.61. The van der Waals surface area contributed by atoms with Crippen molar-refractivity contribution in [3.05, 3.63) is 60.4 Å². The van der Waals surface area contributed by atoms with Crippen LogP contribution >= 0.6 is 0 Å². The van der Waals surface area contributed by atoms with E-state index in [4.69, 9.17) is 9.73 Å². The molecule has 0 aromatic heterocycles. The molecule has 0 heterocycles. The van der Waals surface area contributed by atoms with Crippen LogP contribution in [-0.4, -0.2) is 12.3 Å². The molecule has 1 aromatic rings. The fourth-order valence-electron chi connectivity index (χ4n) is 4.39. The van der Waals surface area contributed by atoms with Gasteiger partial charge in [0.2, 0.25) is 0 Å². The van der Waals surface area contributed by atoms with Crippen LogP contribution < -0.4 is 0 Å². The SMILES string of the molecule is C=CC[C@]12CCCCC[C@H]1C(OCC)=CC2=NCc1ccccc1. The fraction of sp³-hybridized carbons (Fsp3) is 0.500. The van der Waals surface area contributed by atoms with Crippen LogP contribution in [0.15, 0.2) is 59.8 Å². The summed E-state index contributed by atoms with van der Waals surface area (Å²) in [6.07, 6.45) is 11.6. The second-order valence-corrected chi connectivity index (χ2v) is 6.97. The molecule has 0 aliphatic heterocycles. The summed E-state index contributed by atoms with van der Waals surface area (Å²) in [6, 6.07) is 10.5. The van der Waals surface area contributed by atoms with Crippen LogP contribution in [0.5, 0.6) is 0 Å². The molecule has 1 aromatic carbocycles. The van der Waals surface area contributed by atoms with Gasteiger partial charge in [-0.1, -0.05) is 55.7 Å². The molecule has 2 aliphatic rings. The number of hydrogen-bond acceptors (Lipinski definition) is 2. The Hall–Kier alpha value is -1.83. The lowest BCUT2D eigenvalue weighted by molar-refractivity contribution is 0.148. The molecule has 0 unspecified atom stereocenters. The quantitative estimate of drug-likeness (QED) is 0.615. The topological polar surface area (TPSA) is 21.6 Å². The van der Waals surface area contributed by atoms with Crippen molar-refractivity contribution in [1.29, 1.82) is 0 Å². The van der Waals surface area contributed by atoms with Crippen molar-refractivity contribution in [2.24, 2.45) is 16.3 Å². The normalized spacial score (nSPS) is 28.1. The van der Waals surface area contributed by atoms with E-state index >= 15 is 0 Å². The molecule has 0 amide bonds. The van der Waals surface area contributed by atoms with Gasteiger partial charge in [0.05, 0.1) is 13.2 Å². The first-order valence-electron chi connectivity index (χ1n) is 9.34. The largest absolute Gasteiger partial charge is 0.498 e. The summed E-state index contributed by atoms with van der Waals surface area (Å²) < 4.78 is 6.03. The predicted octanol–water partition coefficient (Wildman–Crippen LogP) is 5.70. The molecule has 0 bridgehead atoms. The summed E-state index contributed by atoms with van der Waals surface area (Å²) in [5, 5.41) is 0. The van der Waals surface area contributed by atoms with E-state index in [0.717, 1.165) is 25.3 Å². The lowest BCUT2D eigenvalue weighted by Crippen LogP contribution is -2.33. The first-order chi connectivity index (χ1) is 11.8. The van der Waals surface area contributed by atoms with Crippen molar-refractivity contribution in [3.63, 3.8) is 0 Å². The van der Waals surface area contributed by atoms with E-state index in [2.05, 4.69) is 56.0 Å². The van der Waals surface area contributed by atoms with Gasteiger partial charge in [0.25, 0.3) is 0 Å². The molecule has 2 heteroatoms. The van der Waals surface area contributed by atoms with E-state index < -0.39 is 0 Å². The number of aliphatic imine (C=N–C) groups is 1. The Kier molecular flexibility index (Phi) is 5.55. The van der Waals surface area contributed by atoms with Gasteiger partial charge >= 0.3 is 0 Å². The third-order valence-electron chi connectivity index (χ3n) is 5.51. The second kappa shape index (κ2) is 7.83. The van der Waals surface area contributed by atoms with Crippen LogP contribution in [0.3, 0.4) is 0 Å². The molecule has 128 valence electrons. The molecule has 0 radical (unpaired) electrons. The molecule has 24 heavy (non-hydrogen) atoms. The lowest BCUT2D eigenvalue weighted by Gasteiger charge is -2.35. The third-order valence-corrected chi connectivity index (χ3v) is 5.51. The highest BCUT2D eigenvalue weighted by Gasteiger charge is 2.48. The maximum atomic E-state index is 6.03. The number of hydrogen-bond donors (Lipinski definition) is 0. The predicted molar refractivity (Wildman–Crippen MR) is 101 cm³/mol. The first-order valence-corrected chi connectivity index (χ1v) is 9.34. The van der Waals surface area contributed by atoms with Gasteiger partial charge < -0.3 is 4.74 Å². The molecule has 1 saturated carbocycles. The molecule has 0 N–H and O–H groups in total. The monoisotopic (exact) mass is 323 g/mol. The van der Waals surface area contributed by atoms with E-state index in [1.54, 1.807) is 0 Å². The minimum Gasteiger partial charge on any atom is -0.498 e. The molecular formula is C22H29NO. The minimum absolute atomic E-state index is 0.109. The molecule has 3 rings (SSSR count). The molecule has 1 fully saturated rings. The fourth-order valence-corrected chi connectivity index (χ4v) is 4.39. The number of ether oxygens (including phenoxy) is 1. The van der Waals surface area contributed by atoms with Gasteiger partial charge in [0.1, 0.15) is 5.76 Å². The highest BCUT2D eigenvalue weighted by atomic mass is 16.5. The standard InChI is InChI=1S/C22H29NO/c1-3-14-22-15-10-6-9-13-19(22)20(24-4-2)16-21(22)23-17-18-11-7-5-8-12-18/h3,5,7-8,11-12,16,19H,1,4,6,9-10,13-15,17H2,2H3/t19-,22-/m0/s1. The Balaban J connectivity index is 1.94. The van der Waals surface area contributed by atoms with Crippen LogP contribution in [0.4, 0.5) is 0 Å². The third kappa shape index (κ3) is 3.33. The van der Waals surface area contributed by atoms with Gasteiger partial charge in [-0.2, -0.15) is 0 Å². The van der Waals surface area contributed by atoms with Gasteiger partial charge in [-0.3, -0.25) is 4.99 Å². The number of rotatable bonds is 6. The zero-order chi connectivity index (χ0) is 16.8. The van der Waals surface area contributed by atoms with E-state index in [0.29, 0.717) is 5.92 Å². The van der Waals surface area contributed by atoms with Crippen molar-refractivity contribution < 1.29 is 4.74 Å². The first kappa shape index (κ1) is 17.0. The van der Waals surface area contributed by atoms with E-state index in [1.807, 2.05) is 0 Å². The zero-order valence-electron chi connectivity index (χ0n) is 14.8. The molecule has 0 spiro atoms. The van der Waals surface area contributed by atoms with Crippen molar-refractivity contribution in [1.82, 2.24) is 0 Å². The van der Waals surface area contributed by atoms with Crippen LogP contribution in [0.25, 0.3) is 0 Å². The average Bonchev–Trinajstić information content (AvgIpc) is 2.74. The number of nitrogens with zero attached hydrogens (tertiary/aromatic N) is 1. The van der Waals surface area contributed by atoms with Crippen molar-refractivity contribution >= 4 is 5.71 Å². The summed E-state index contributed by atoms with van der Waals surface area (Å²) in [6.45, 7) is 7.60. The maximum Gasteiger partial charge on any atom is 0.102 e. The summed E-state index contributed by atoms with van der Waals surface area (Å²) in [4.78, 5) is 5.06. The second-order valence-electron chi connectivity index (χ2n) is 6.97. The summed E-state index contributed by atoms with van der Waals surface area (Å²) in [5.74, 6) is 1.64. The van der Waals surface area contributed by atoms with Crippen molar-refractivity contribution in [2.45, 2.75) is 52.0 Å². The Morgan fingerprint density at radius 3 is 2.83 bits per heavy atom. The maximum absolute atomic E-state index is 6.03. The highest BCUT2D eigenvalue weighted by Crippen LogP contribution is 2.52. The Morgan fingerprint density at radius 1 is 1.25 bits per heavy atom. The van der Waals surface area contributed by atoms with Crippen molar-refractivity contribution in [2.75, 3.05) is 6.61 Å². The van der Waals surface area contributed by atoms with E-state index in [9.17, 15) is 0 Å². The summed E-state index contributed by atoms with van der Waals surface area (Å²) >= 11 is 0. The molecule has 0 saturated heterocycles. The Labute approximate surface area is 146 Å². The van der Waals surface area contributed by atoms with Gasteiger partial charge in [-0.05, 0) is 37.8 Å². The Morgan fingerprint density at radius 2 is 2.08 bits per heavy atom. The van der Waals surface area contributed by atoms with Gasteiger partial charge in [0, 0.05) is 17.0 Å². The Bertz CT molecular complexity index is 616. The van der Waals surface area contributed by atoms with Crippen LogP contribution in [0.1, 0.15) is 51.0 Å². The van der Waals surface area contributed by atoms with E-state index in [1.165, 1.54) is 43.4 Å². The average molecular weight is 323 g/mol. The van der Waals surface area contributed by atoms with Crippen LogP contribution in [0, 0.1) is 11.3 Å². The minimum atomic E-state index is 0.109. The van der Waals surface area contributed by atoms with Gasteiger partial charge in [0.15, 0.2) is 0 Å². The number of allylic oxidation sites excluding steroid dienone is 3. The van der Waals surface area contributed by atoms with E-state index in [-0.39, 0.29) is 5.41 Å². The number of benzene rings is 1. The molecule has 2 aliphatic carbocycles. The molecule has 2 atom stereocenters. The van der Waals surface area contributed by atoms with Gasteiger partial charge in [-0.25, -0.2) is 0 Å².